The first kappa shape index (κ1) is 22.5. The zero-order chi connectivity index (χ0) is 22.8. The van der Waals surface area contributed by atoms with Gasteiger partial charge >= 0.3 is 6.03 Å². The first-order valence-electron chi connectivity index (χ1n) is 10.6. The van der Waals surface area contributed by atoms with Crippen LogP contribution in [0.1, 0.15) is 58.9 Å². The molecular formula is C25H31N3O3. The molecule has 2 aromatic rings. The highest BCUT2D eigenvalue weighted by atomic mass is 16.2. The number of hydrogen-bond donors (Lipinski definition) is 2. The van der Waals surface area contributed by atoms with Crippen LogP contribution in [0.4, 0.5) is 4.79 Å². The number of nitrogens with one attached hydrogen (secondary N) is 2. The Labute approximate surface area is 184 Å². The zero-order valence-electron chi connectivity index (χ0n) is 19.0. The number of amides is 4. The molecule has 0 unspecified atom stereocenters. The number of aryl methyl sites for hydroxylation is 2. The standard InChI is InChI=1S/C25H31N3O3/c1-16-12-19(25(3,4)5)13-17(2)20(16)10-11-26-23(30)21-9-7-6-8-18(21)15-28-22(29)14-27-24(28)31/h6-9,12-13H,10-11,14-15H2,1-5H3,(H,26,30)(H,27,31). The van der Waals surface area contributed by atoms with Gasteiger partial charge in [0.25, 0.3) is 5.91 Å². The summed E-state index contributed by atoms with van der Waals surface area (Å²) >= 11 is 0. The van der Waals surface area contributed by atoms with E-state index in [9.17, 15) is 14.4 Å². The van der Waals surface area contributed by atoms with Crippen LogP contribution in [0.15, 0.2) is 36.4 Å². The van der Waals surface area contributed by atoms with E-state index in [2.05, 4.69) is 57.4 Å². The molecule has 4 amide bonds. The third-order valence-corrected chi connectivity index (χ3v) is 5.75. The van der Waals surface area contributed by atoms with E-state index in [4.69, 9.17) is 0 Å². The summed E-state index contributed by atoms with van der Waals surface area (Å²) in [6, 6.07) is 11.1. The molecule has 0 radical (unpaired) electrons. The van der Waals surface area contributed by atoms with E-state index in [-0.39, 0.29) is 30.3 Å². The molecule has 1 aliphatic rings. The molecule has 1 aliphatic heterocycles. The van der Waals surface area contributed by atoms with Crippen molar-refractivity contribution in [1.82, 2.24) is 15.5 Å². The molecule has 2 aromatic carbocycles. The molecule has 0 spiro atoms. The highest BCUT2D eigenvalue weighted by Crippen LogP contribution is 2.27. The van der Waals surface area contributed by atoms with Gasteiger partial charge in [0.05, 0.1) is 13.1 Å². The van der Waals surface area contributed by atoms with Crippen molar-refractivity contribution in [2.24, 2.45) is 0 Å². The molecule has 1 saturated heterocycles. The third-order valence-electron chi connectivity index (χ3n) is 5.75. The molecule has 3 rings (SSSR count). The van der Waals surface area contributed by atoms with Crippen LogP contribution in [0.25, 0.3) is 0 Å². The molecule has 1 fully saturated rings. The average Bonchev–Trinajstić information content (AvgIpc) is 3.01. The van der Waals surface area contributed by atoms with Crippen molar-refractivity contribution in [3.63, 3.8) is 0 Å². The fraction of sp³-hybridized carbons (Fsp3) is 0.400. The quantitative estimate of drug-likeness (QED) is 0.699. The van der Waals surface area contributed by atoms with Crippen molar-refractivity contribution >= 4 is 17.8 Å². The van der Waals surface area contributed by atoms with Crippen LogP contribution in [-0.2, 0) is 23.2 Å². The first-order valence-corrected chi connectivity index (χ1v) is 10.6. The molecular weight excluding hydrogens is 390 g/mol. The van der Waals surface area contributed by atoms with E-state index in [1.807, 2.05) is 0 Å². The Morgan fingerprint density at radius 2 is 1.74 bits per heavy atom. The maximum Gasteiger partial charge on any atom is 0.324 e. The van der Waals surface area contributed by atoms with Crippen LogP contribution >= 0.6 is 0 Å². The first-order chi connectivity index (χ1) is 14.6. The molecule has 164 valence electrons. The largest absolute Gasteiger partial charge is 0.352 e. The van der Waals surface area contributed by atoms with Gasteiger partial charge in [0.15, 0.2) is 0 Å². The molecule has 1 heterocycles. The minimum absolute atomic E-state index is 0.0000967. The number of urea groups is 1. The fourth-order valence-corrected chi connectivity index (χ4v) is 3.88. The van der Waals surface area contributed by atoms with Crippen LogP contribution in [0.3, 0.4) is 0 Å². The minimum Gasteiger partial charge on any atom is -0.352 e. The van der Waals surface area contributed by atoms with Gasteiger partial charge in [0, 0.05) is 12.1 Å². The summed E-state index contributed by atoms with van der Waals surface area (Å²) in [6.45, 7) is 11.4. The van der Waals surface area contributed by atoms with Crippen molar-refractivity contribution < 1.29 is 14.4 Å². The molecule has 0 saturated carbocycles. The lowest BCUT2D eigenvalue weighted by Gasteiger charge is -2.22. The summed E-state index contributed by atoms with van der Waals surface area (Å²) in [5.74, 6) is -0.492. The van der Waals surface area contributed by atoms with Crippen LogP contribution in [-0.4, -0.2) is 35.8 Å². The van der Waals surface area contributed by atoms with Gasteiger partial charge in [-0.3, -0.25) is 14.5 Å². The lowest BCUT2D eigenvalue weighted by Crippen LogP contribution is -2.32. The van der Waals surface area contributed by atoms with E-state index in [0.29, 0.717) is 17.7 Å². The molecule has 0 bridgehead atoms. The van der Waals surface area contributed by atoms with Crippen molar-refractivity contribution in [3.05, 3.63) is 69.8 Å². The second kappa shape index (κ2) is 8.92. The topological polar surface area (TPSA) is 78.5 Å². The van der Waals surface area contributed by atoms with Gasteiger partial charge in [0.1, 0.15) is 0 Å². The highest BCUT2D eigenvalue weighted by molar-refractivity contribution is 6.02. The van der Waals surface area contributed by atoms with Gasteiger partial charge in [-0.1, -0.05) is 51.1 Å². The van der Waals surface area contributed by atoms with Gasteiger partial charge < -0.3 is 10.6 Å². The fourth-order valence-electron chi connectivity index (χ4n) is 3.88. The SMILES string of the molecule is Cc1cc(C(C)(C)C)cc(C)c1CCNC(=O)c1ccccc1CN1C(=O)CNC1=O. The summed E-state index contributed by atoms with van der Waals surface area (Å²) in [4.78, 5) is 37.7. The van der Waals surface area contributed by atoms with Crippen molar-refractivity contribution in [2.75, 3.05) is 13.1 Å². The smallest absolute Gasteiger partial charge is 0.324 e. The van der Waals surface area contributed by atoms with Crippen molar-refractivity contribution in [1.29, 1.82) is 0 Å². The van der Waals surface area contributed by atoms with Crippen LogP contribution < -0.4 is 10.6 Å². The predicted molar refractivity (Wildman–Crippen MR) is 121 cm³/mol. The molecule has 0 atom stereocenters. The third kappa shape index (κ3) is 5.13. The van der Waals surface area contributed by atoms with E-state index in [1.165, 1.54) is 22.3 Å². The Bertz CT molecular complexity index is 982. The molecule has 0 aromatic heterocycles. The Kier molecular flexibility index (Phi) is 6.48. The van der Waals surface area contributed by atoms with Crippen LogP contribution in [0.5, 0.6) is 0 Å². The maximum atomic E-state index is 12.8. The van der Waals surface area contributed by atoms with Gasteiger partial charge in [-0.2, -0.15) is 0 Å². The van der Waals surface area contributed by atoms with Crippen LogP contribution in [0.2, 0.25) is 0 Å². The lowest BCUT2D eigenvalue weighted by molar-refractivity contribution is -0.125. The molecule has 2 N–H and O–H groups in total. The lowest BCUT2D eigenvalue weighted by atomic mass is 9.83. The molecule has 31 heavy (non-hydrogen) atoms. The van der Waals surface area contributed by atoms with E-state index in [1.54, 1.807) is 24.3 Å². The maximum absolute atomic E-state index is 12.8. The van der Waals surface area contributed by atoms with E-state index in [0.717, 1.165) is 11.3 Å². The number of nitrogens with zero attached hydrogens (tertiary/aromatic N) is 1. The normalized spacial score (nSPS) is 14.0. The minimum atomic E-state index is -0.426. The number of benzene rings is 2. The number of imide groups is 1. The summed E-state index contributed by atoms with van der Waals surface area (Å²) in [5, 5.41) is 5.49. The number of rotatable bonds is 6. The van der Waals surface area contributed by atoms with Gasteiger partial charge in [-0.15, -0.1) is 0 Å². The molecule has 0 aliphatic carbocycles. The Hall–Kier alpha value is -3.15. The van der Waals surface area contributed by atoms with E-state index < -0.39 is 6.03 Å². The number of carbonyl (C=O) groups is 3. The summed E-state index contributed by atoms with van der Waals surface area (Å²) < 4.78 is 0. The Morgan fingerprint density at radius 3 is 2.32 bits per heavy atom. The molecule has 6 heteroatoms. The predicted octanol–water partition coefficient (Wildman–Crippen LogP) is 3.63. The van der Waals surface area contributed by atoms with Gasteiger partial charge in [0.2, 0.25) is 5.91 Å². The second-order valence-corrected chi connectivity index (χ2v) is 9.14. The van der Waals surface area contributed by atoms with Crippen molar-refractivity contribution in [3.8, 4) is 0 Å². The van der Waals surface area contributed by atoms with E-state index >= 15 is 0 Å². The van der Waals surface area contributed by atoms with Gasteiger partial charge in [-0.25, -0.2) is 4.79 Å². The van der Waals surface area contributed by atoms with Crippen LogP contribution in [0, 0.1) is 13.8 Å². The monoisotopic (exact) mass is 421 g/mol. The van der Waals surface area contributed by atoms with Crippen molar-refractivity contribution in [2.45, 2.75) is 53.0 Å². The average molecular weight is 422 g/mol. The molecule has 6 nitrogen and oxygen atoms in total. The number of hydrogen-bond acceptors (Lipinski definition) is 3. The summed E-state index contributed by atoms with van der Waals surface area (Å²) in [5.41, 5.74) is 6.25. The Morgan fingerprint density at radius 1 is 1.10 bits per heavy atom. The summed E-state index contributed by atoms with van der Waals surface area (Å²) in [6.07, 6.45) is 0.739. The number of carbonyl (C=O) groups excluding carboxylic acids is 3. The summed E-state index contributed by atoms with van der Waals surface area (Å²) in [7, 11) is 0. The van der Waals surface area contributed by atoms with Gasteiger partial charge in [-0.05, 0) is 59.6 Å². The Balaban J connectivity index is 1.67. The highest BCUT2D eigenvalue weighted by Gasteiger charge is 2.29. The second-order valence-electron chi connectivity index (χ2n) is 9.14. The zero-order valence-corrected chi connectivity index (χ0v) is 19.0.